The van der Waals surface area contributed by atoms with Gasteiger partial charge in [-0.3, -0.25) is 0 Å². The maximum Gasteiger partial charge on any atom is 0.0568 e. The van der Waals surface area contributed by atoms with Crippen molar-refractivity contribution in [1.29, 1.82) is 0 Å². The van der Waals surface area contributed by atoms with E-state index < -0.39 is 0 Å². The van der Waals surface area contributed by atoms with E-state index in [0.29, 0.717) is 5.92 Å². The predicted molar refractivity (Wildman–Crippen MR) is 69.9 cm³/mol. The predicted octanol–water partition coefficient (Wildman–Crippen LogP) is 2.66. The monoisotopic (exact) mass is 237 g/mol. The van der Waals surface area contributed by atoms with Crippen molar-refractivity contribution < 1.29 is 5.11 Å². The standard InChI is InChI=1S/C15H27NO/c17-15-3-1-2-14(15)8-9-16(10-12-4-5-12)11-13-6-7-13/h12-15,17H,1-11H2. The van der Waals surface area contributed by atoms with Crippen molar-refractivity contribution in [2.75, 3.05) is 19.6 Å². The SMILES string of the molecule is OC1CCCC1CCN(CC1CC1)CC1CC1. The minimum Gasteiger partial charge on any atom is -0.393 e. The Labute approximate surface area is 105 Å². The van der Waals surface area contributed by atoms with Gasteiger partial charge in [0.15, 0.2) is 0 Å². The van der Waals surface area contributed by atoms with Crippen LogP contribution in [0.5, 0.6) is 0 Å². The molecular formula is C15H27NO. The molecule has 2 heteroatoms. The van der Waals surface area contributed by atoms with E-state index in [2.05, 4.69) is 4.90 Å². The average Bonchev–Trinajstić information content (AvgIpc) is 3.21. The lowest BCUT2D eigenvalue weighted by Gasteiger charge is -2.24. The highest BCUT2D eigenvalue weighted by atomic mass is 16.3. The third kappa shape index (κ3) is 3.69. The minimum atomic E-state index is 0.0127. The summed E-state index contributed by atoms with van der Waals surface area (Å²) < 4.78 is 0. The summed E-state index contributed by atoms with van der Waals surface area (Å²) in [4.78, 5) is 2.71. The Morgan fingerprint density at radius 3 is 2.00 bits per heavy atom. The van der Waals surface area contributed by atoms with E-state index >= 15 is 0 Å². The second-order valence-corrected chi connectivity index (χ2v) is 6.69. The molecule has 0 bridgehead atoms. The van der Waals surface area contributed by atoms with Gasteiger partial charge < -0.3 is 10.0 Å². The van der Waals surface area contributed by atoms with Crippen LogP contribution in [0.2, 0.25) is 0 Å². The molecule has 3 fully saturated rings. The van der Waals surface area contributed by atoms with Crippen molar-refractivity contribution in [1.82, 2.24) is 4.90 Å². The van der Waals surface area contributed by atoms with E-state index in [0.717, 1.165) is 18.3 Å². The summed E-state index contributed by atoms with van der Waals surface area (Å²) in [5.74, 6) is 2.64. The van der Waals surface area contributed by atoms with E-state index in [-0.39, 0.29) is 6.10 Å². The van der Waals surface area contributed by atoms with Crippen molar-refractivity contribution >= 4 is 0 Å². The van der Waals surface area contributed by atoms with Crippen LogP contribution in [0, 0.1) is 17.8 Å². The van der Waals surface area contributed by atoms with Gasteiger partial charge >= 0.3 is 0 Å². The van der Waals surface area contributed by atoms with Crippen molar-refractivity contribution in [2.45, 2.75) is 57.5 Å². The molecule has 2 nitrogen and oxygen atoms in total. The third-order valence-electron chi connectivity index (χ3n) is 4.86. The lowest BCUT2D eigenvalue weighted by molar-refractivity contribution is 0.116. The summed E-state index contributed by atoms with van der Waals surface area (Å²) in [6.07, 6.45) is 10.7. The highest BCUT2D eigenvalue weighted by Gasteiger charge is 2.30. The quantitative estimate of drug-likeness (QED) is 0.736. The van der Waals surface area contributed by atoms with Crippen LogP contribution >= 0.6 is 0 Å². The average molecular weight is 237 g/mol. The van der Waals surface area contributed by atoms with Gasteiger partial charge in [0.2, 0.25) is 0 Å². The molecule has 17 heavy (non-hydrogen) atoms. The van der Waals surface area contributed by atoms with Crippen molar-refractivity contribution in [3.05, 3.63) is 0 Å². The van der Waals surface area contributed by atoms with E-state index in [4.69, 9.17) is 0 Å². The number of rotatable bonds is 7. The molecule has 0 saturated heterocycles. The van der Waals surface area contributed by atoms with E-state index in [1.54, 1.807) is 0 Å². The lowest BCUT2D eigenvalue weighted by Crippen LogP contribution is -2.31. The fourth-order valence-corrected chi connectivity index (χ4v) is 3.29. The van der Waals surface area contributed by atoms with Gasteiger partial charge in [0.05, 0.1) is 6.10 Å². The van der Waals surface area contributed by atoms with E-state index in [1.165, 1.54) is 64.6 Å². The Balaban J connectivity index is 1.41. The molecule has 2 unspecified atom stereocenters. The highest BCUT2D eigenvalue weighted by molar-refractivity contribution is 4.84. The van der Waals surface area contributed by atoms with E-state index in [1.807, 2.05) is 0 Å². The Bertz CT molecular complexity index is 233. The summed E-state index contributed by atoms with van der Waals surface area (Å²) in [6.45, 7) is 3.94. The van der Waals surface area contributed by atoms with Crippen LogP contribution in [0.15, 0.2) is 0 Å². The third-order valence-corrected chi connectivity index (χ3v) is 4.86. The van der Waals surface area contributed by atoms with Gasteiger partial charge in [-0.05, 0) is 69.2 Å². The topological polar surface area (TPSA) is 23.5 Å². The molecule has 0 heterocycles. The number of nitrogens with zero attached hydrogens (tertiary/aromatic N) is 1. The zero-order chi connectivity index (χ0) is 11.7. The number of hydrogen-bond donors (Lipinski definition) is 1. The van der Waals surface area contributed by atoms with Gasteiger partial charge in [0.25, 0.3) is 0 Å². The maximum absolute atomic E-state index is 9.87. The van der Waals surface area contributed by atoms with Crippen LogP contribution in [0.1, 0.15) is 51.4 Å². The molecule has 0 aromatic rings. The first-order valence-electron chi connectivity index (χ1n) is 7.71. The van der Waals surface area contributed by atoms with Crippen LogP contribution in [0.4, 0.5) is 0 Å². The van der Waals surface area contributed by atoms with Gasteiger partial charge in [-0.1, -0.05) is 6.42 Å². The lowest BCUT2D eigenvalue weighted by atomic mass is 10.0. The Kier molecular flexibility index (Phi) is 3.72. The molecular weight excluding hydrogens is 210 g/mol. The Hall–Kier alpha value is -0.0800. The number of aliphatic hydroxyl groups excluding tert-OH is 1. The number of hydrogen-bond acceptors (Lipinski definition) is 2. The summed E-state index contributed by atoms with van der Waals surface area (Å²) >= 11 is 0. The first kappa shape index (κ1) is 12.0. The van der Waals surface area contributed by atoms with Gasteiger partial charge in [0.1, 0.15) is 0 Å². The van der Waals surface area contributed by atoms with E-state index in [9.17, 15) is 5.11 Å². The van der Waals surface area contributed by atoms with Gasteiger partial charge in [-0.25, -0.2) is 0 Å². The number of aliphatic hydroxyl groups is 1. The van der Waals surface area contributed by atoms with Crippen LogP contribution in [0.25, 0.3) is 0 Å². The summed E-state index contributed by atoms with van der Waals surface area (Å²) in [5, 5.41) is 9.87. The second-order valence-electron chi connectivity index (χ2n) is 6.69. The molecule has 0 radical (unpaired) electrons. The summed E-state index contributed by atoms with van der Waals surface area (Å²) in [7, 11) is 0. The summed E-state index contributed by atoms with van der Waals surface area (Å²) in [5.41, 5.74) is 0. The fraction of sp³-hybridized carbons (Fsp3) is 1.00. The van der Waals surface area contributed by atoms with Crippen LogP contribution in [0.3, 0.4) is 0 Å². The maximum atomic E-state index is 9.87. The highest BCUT2D eigenvalue weighted by Crippen LogP contribution is 2.34. The van der Waals surface area contributed by atoms with Crippen LogP contribution in [-0.4, -0.2) is 35.7 Å². The molecule has 3 aliphatic rings. The minimum absolute atomic E-state index is 0.0127. The molecule has 0 aromatic carbocycles. The van der Waals surface area contributed by atoms with Crippen molar-refractivity contribution in [3.63, 3.8) is 0 Å². The van der Waals surface area contributed by atoms with Gasteiger partial charge in [0, 0.05) is 13.1 Å². The van der Waals surface area contributed by atoms with Crippen LogP contribution < -0.4 is 0 Å². The molecule has 1 N–H and O–H groups in total. The molecule has 3 aliphatic carbocycles. The second kappa shape index (κ2) is 5.27. The Morgan fingerprint density at radius 1 is 0.882 bits per heavy atom. The molecule has 0 spiro atoms. The molecule has 0 amide bonds. The fourth-order valence-electron chi connectivity index (χ4n) is 3.29. The molecule has 3 saturated carbocycles. The largest absolute Gasteiger partial charge is 0.393 e. The molecule has 3 rings (SSSR count). The normalized spacial score (nSPS) is 33.5. The van der Waals surface area contributed by atoms with Crippen molar-refractivity contribution in [2.24, 2.45) is 17.8 Å². The zero-order valence-electron chi connectivity index (χ0n) is 11.0. The smallest absolute Gasteiger partial charge is 0.0568 e. The molecule has 0 aliphatic heterocycles. The molecule has 0 aromatic heterocycles. The van der Waals surface area contributed by atoms with Crippen molar-refractivity contribution in [3.8, 4) is 0 Å². The first-order valence-corrected chi connectivity index (χ1v) is 7.71. The summed E-state index contributed by atoms with van der Waals surface area (Å²) in [6, 6.07) is 0. The first-order chi connectivity index (χ1) is 8.31. The molecule has 2 atom stereocenters. The van der Waals surface area contributed by atoms with Gasteiger partial charge in [-0.15, -0.1) is 0 Å². The molecule has 98 valence electrons. The van der Waals surface area contributed by atoms with Gasteiger partial charge in [-0.2, -0.15) is 0 Å². The Morgan fingerprint density at radius 2 is 1.53 bits per heavy atom. The van der Waals surface area contributed by atoms with Crippen LogP contribution in [-0.2, 0) is 0 Å². The zero-order valence-corrected chi connectivity index (χ0v) is 11.0.